The molecule has 0 aromatic heterocycles. The molecule has 0 bridgehead atoms. The minimum absolute atomic E-state index is 0.108. The SMILES string of the molecule is COc1cc(CC(=O)O)ccc1NC(=O)OC(C)(C)C. The Morgan fingerprint density at radius 2 is 1.95 bits per heavy atom. The van der Waals surface area contributed by atoms with Crippen LogP contribution in [0.2, 0.25) is 0 Å². The van der Waals surface area contributed by atoms with Crippen molar-refractivity contribution in [3.05, 3.63) is 23.8 Å². The molecule has 0 unspecified atom stereocenters. The van der Waals surface area contributed by atoms with Gasteiger partial charge in [0.25, 0.3) is 0 Å². The van der Waals surface area contributed by atoms with E-state index in [4.69, 9.17) is 14.6 Å². The smallest absolute Gasteiger partial charge is 0.412 e. The number of benzene rings is 1. The Morgan fingerprint density at radius 3 is 2.45 bits per heavy atom. The van der Waals surface area contributed by atoms with Crippen LogP contribution in [0.15, 0.2) is 18.2 Å². The molecule has 0 atom stereocenters. The van der Waals surface area contributed by atoms with Gasteiger partial charge in [-0.1, -0.05) is 6.07 Å². The third-order valence-electron chi connectivity index (χ3n) is 2.26. The van der Waals surface area contributed by atoms with Gasteiger partial charge < -0.3 is 14.6 Å². The zero-order chi connectivity index (χ0) is 15.3. The van der Waals surface area contributed by atoms with E-state index in [1.165, 1.54) is 7.11 Å². The number of carbonyl (C=O) groups is 2. The molecule has 0 aliphatic rings. The normalized spacial score (nSPS) is 10.8. The molecule has 0 aliphatic carbocycles. The number of carboxylic acid groups (broad SMARTS) is 1. The number of methoxy groups -OCH3 is 1. The minimum Gasteiger partial charge on any atom is -0.495 e. The van der Waals surface area contributed by atoms with E-state index in [-0.39, 0.29) is 6.42 Å². The summed E-state index contributed by atoms with van der Waals surface area (Å²) in [5.74, 6) is -0.547. The summed E-state index contributed by atoms with van der Waals surface area (Å²) in [5, 5.41) is 11.3. The Morgan fingerprint density at radius 1 is 1.30 bits per heavy atom. The van der Waals surface area contributed by atoms with Crippen molar-refractivity contribution >= 4 is 17.7 Å². The third kappa shape index (κ3) is 5.17. The molecule has 110 valence electrons. The molecule has 1 rings (SSSR count). The lowest BCUT2D eigenvalue weighted by Crippen LogP contribution is -2.27. The van der Waals surface area contributed by atoms with Crippen LogP contribution in [0.1, 0.15) is 26.3 Å². The Hall–Kier alpha value is -2.24. The number of ether oxygens (including phenoxy) is 2. The van der Waals surface area contributed by atoms with Crippen molar-refractivity contribution in [3.63, 3.8) is 0 Å². The lowest BCUT2D eigenvalue weighted by Gasteiger charge is -2.20. The highest BCUT2D eigenvalue weighted by atomic mass is 16.6. The molecular weight excluding hydrogens is 262 g/mol. The highest BCUT2D eigenvalue weighted by Gasteiger charge is 2.17. The molecule has 1 aromatic rings. The molecule has 20 heavy (non-hydrogen) atoms. The first-order chi connectivity index (χ1) is 9.21. The molecule has 0 fully saturated rings. The van der Waals surface area contributed by atoms with Gasteiger partial charge in [0.1, 0.15) is 11.4 Å². The summed E-state index contributed by atoms with van der Waals surface area (Å²) in [5.41, 5.74) is 0.417. The Labute approximate surface area is 117 Å². The van der Waals surface area contributed by atoms with Gasteiger partial charge in [-0.3, -0.25) is 10.1 Å². The van der Waals surface area contributed by atoms with Crippen LogP contribution in [0, 0.1) is 0 Å². The zero-order valence-electron chi connectivity index (χ0n) is 12.0. The van der Waals surface area contributed by atoms with Gasteiger partial charge in [0.15, 0.2) is 0 Å². The molecule has 1 aromatic carbocycles. The molecule has 0 heterocycles. The van der Waals surface area contributed by atoms with Crippen molar-refractivity contribution in [1.29, 1.82) is 0 Å². The van der Waals surface area contributed by atoms with Crippen LogP contribution in [0.3, 0.4) is 0 Å². The average Bonchev–Trinajstić information content (AvgIpc) is 2.27. The van der Waals surface area contributed by atoms with Crippen molar-refractivity contribution in [2.75, 3.05) is 12.4 Å². The van der Waals surface area contributed by atoms with Crippen LogP contribution in [0.25, 0.3) is 0 Å². The number of amides is 1. The van der Waals surface area contributed by atoms with Gasteiger partial charge in [-0.25, -0.2) is 4.79 Å². The van der Waals surface area contributed by atoms with E-state index in [2.05, 4.69) is 5.32 Å². The summed E-state index contributed by atoms with van der Waals surface area (Å²) in [4.78, 5) is 22.3. The van der Waals surface area contributed by atoms with E-state index in [1.807, 2.05) is 0 Å². The lowest BCUT2D eigenvalue weighted by atomic mass is 10.1. The summed E-state index contributed by atoms with van der Waals surface area (Å²) in [6.45, 7) is 5.29. The molecule has 0 saturated heterocycles. The van der Waals surface area contributed by atoms with Gasteiger partial charge in [-0.15, -0.1) is 0 Å². The Balaban J connectivity index is 2.85. The molecule has 0 radical (unpaired) electrons. The molecule has 0 saturated carbocycles. The molecule has 0 aliphatic heterocycles. The topological polar surface area (TPSA) is 84.9 Å². The number of carboxylic acids is 1. The second-order valence-electron chi connectivity index (χ2n) is 5.23. The number of nitrogens with one attached hydrogen (secondary N) is 1. The van der Waals surface area contributed by atoms with E-state index >= 15 is 0 Å². The maximum atomic E-state index is 11.7. The average molecular weight is 281 g/mol. The molecular formula is C14H19NO5. The van der Waals surface area contributed by atoms with Gasteiger partial charge in [-0.05, 0) is 38.5 Å². The second-order valence-corrected chi connectivity index (χ2v) is 5.23. The number of hydrogen-bond donors (Lipinski definition) is 2. The summed E-state index contributed by atoms with van der Waals surface area (Å²) >= 11 is 0. The number of aliphatic carboxylic acids is 1. The molecule has 0 spiro atoms. The summed E-state index contributed by atoms with van der Waals surface area (Å²) in [6, 6.07) is 4.77. The number of anilines is 1. The fraction of sp³-hybridized carbons (Fsp3) is 0.429. The molecule has 6 heteroatoms. The van der Waals surface area contributed by atoms with Gasteiger partial charge in [0, 0.05) is 0 Å². The Bertz CT molecular complexity index is 505. The molecule has 2 N–H and O–H groups in total. The quantitative estimate of drug-likeness (QED) is 0.886. The predicted octanol–water partition coefficient (Wildman–Crippen LogP) is 2.67. The maximum absolute atomic E-state index is 11.7. The minimum atomic E-state index is -0.931. The van der Waals surface area contributed by atoms with E-state index in [0.29, 0.717) is 17.0 Å². The third-order valence-corrected chi connectivity index (χ3v) is 2.26. The van der Waals surface area contributed by atoms with Gasteiger partial charge in [0.05, 0.1) is 19.2 Å². The van der Waals surface area contributed by atoms with Crippen LogP contribution >= 0.6 is 0 Å². The number of carbonyl (C=O) groups excluding carboxylic acids is 1. The van der Waals surface area contributed by atoms with Gasteiger partial charge >= 0.3 is 12.1 Å². The van der Waals surface area contributed by atoms with Crippen molar-refractivity contribution < 1.29 is 24.2 Å². The monoisotopic (exact) mass is 281 g/mol. The first-order valence-electron chi connectivity index (χ1n) is 6.10. The van der Waals surface area contributed by atoms with E-state index < -0.39 is 17.7 Å². The van der Waals surface area contributed by atoms with E-state index in [1.54, 1.807) is 39.0 Å². The van der Waals surface area contributed by atoms with Crippen LogP contribution in [0.5, 0.6) is 5.75 Å². The van der Waals surface area contributed by atoms with Crippen molar-refractivity contribution in [3.8, 4) is 5.75 Å². The fourth-order valence-electron chi connectivity index (χ4n) is 1.54. The largest absolute Gasteiger partial charge is 0.495 e. The first-order valence-corrected chi connectivity index (χ1v) is 6.10. The van der Waals surface area contributed by atoms with Gasteiger partial charge in [0.2, 0.25) is 0 Å². The second kappa shape index (κ2) is 6.27. The molecule has 6 nitrogen and oxygen atoms in total. The van der Waals surface area contributed by atoms with Crippen LogP contribution in [-0.2, 0) is 16.0 Å². The summed E-state index contributed by atoms with van der Waals surface area (Å²) in [6.07, 6.45) is -0.704. The van der Waals surface area contributed by atoms with Gasteiger partial charge in [-0.2, -0.15) is 0 Å². The standard InChI is InChI=1S/C14H19NO5/c1-14(2,3)20-13(18)15-10-6-5-9(8-12(16)17)7-11(10)19-4/h5-7H,8H2,1-4H3,(H,15,18)(H,16,17). The van der Waals surface area contributed by atoms with E-state index in [0.717, 1.165) is 0 Å². The summed E-state index contributed by atoms with van der Waals surface area (Å²) < 4.78 is 10.3. The zero-order valence-corrected chi connectivity index (χ0v) is 12.0. The first kappa shape index (κ1) is 15.8. The number of hydrogen-bond acceptors (Lipinski definition) is 4. The maximum Gasteiger partial charge on any atom is 0.412 e. The number of rotatable bonds is 4. The van der Waals surface area contributed by atoms with Crippen molar-refractivity contribution in [1.82, 2.24) is 0 Å². The van der Waals surface area contributed by atoms with E-state index in [9.17, 15) is 9.59 Å². The molecule has 1 amide bonds. The fourth-order valence-corrected chi connectivity index (χ4v) is 1.54. The van der Waals surface area contributed by atoms with Crippen molar-refractivity contribution in [2.45, 2.75) is 32.8 Å². The Kier molecular flexibility index (Phi) is 4.96. The van der Waals surface area contributed by atoms with Crippen LogP contribution in [-0.4, -0.2) is 29.9 Å². The highest BCUT2D eigenvalue weighted by Crippen LogP contribution is 2.26. The van der Waals surface area contributed by atoms with Crippen molar-refractivity contribution in [2.24, 2.45) is 0 Å². The predicted molar refractivity (Wildman–Crippen MR) is 74.2 cm³/mol. The summed E-state index contributed by atoms with van der Waals surface area (Å²) in [7, 11) is 1.44. The highest BCUT2D eigenvalue weighted by molar-refractivity contribution is 5.87. The lowest BCUT2D eigenvalue weighted by molar-refractivity contribution is -0.136. The van der Waals surface area contributed by atoms with Crippen LogP contribution < -0.4 is 10.1 Å². The van der Waals surface area contributed by atoms with Crippen LogP contribution in [0.4, 0.5) is 10.5 Å².